The Morgan fingerprint density at radius 3 is 2.00 bits per heavy atom. The zero-order valence-corrected chi connectivity index (χ0v) is 25.6. The molecule has 0 radical (unpaired) electrons. The number of halogens is 2. The molecule has 4 aromatic carbocycles. The average molecular weight is 572 g/mol. The normalized spacial score (nSPS) is 22.2. The SMILES string of the molecule is CCCCN1P(c2ccccc2F)c2cc(ccc2F)-c2cc(C)cc(c2)[C@@H]2CC[C@@H](c3cc(C)cc(C)c3)P21. The third-order valence-corrected chi connectivity index (χ3v) is 14.8. The van der Waals surface area contributed by atoms with Gasteiger partial charge in [-0.2, -0.15) is 0 Å². The van der Waals surface area contributed by atoms with Crippen molar-refractivity contribution < 1.29 is 8.78 Å². The molecule has 4 atom stereocenters. The second kappa shape index (κ2) is 11.4. The molecule has 0 saturated carbocycles. The average Bonchev–Trinajstić information content (AvgIpc) is 3.36. The molecule has 4 aromatic rings. The predicted octanol–water partition coefficient (Wildman–Crippen LogP) is 9.99. The fourth-order valence-electron chi connectivity index (χ4n) is 6.61. The van der Waals surface area contributed by atoms with Crippen LogP contribution in [-0.4, -0.2) is 11.0 Å². The molecule has 0 spiro atoms. The number of nitrogens with zero attached hydrogens (tertiary/aromatic N) is 1. The van der Waals surface area contributed by atoms with Gasteiger partial charge in [0.15, 0.2) is 0 Å². The lowest BCUT2D eigenvalue weighted by molar-refractivity contribution is 0.617. The zero-order chi connectivity index (χ0) is 28.0. The van der Waals surface area contributed by atoms with Gasteiger partial charge in [-0.05, 0) is 94.6 Å². The van der Waals surface area contributed by atoms with Crippen molar-refractivity contribution in [2.75, 3.05) is 6.54 Å². The minimum Gasteiger partial charge on any atom is -0.251 e. The van der Waals surface area contributed by atoms with Crippen molar-refractivity contribution in [3.63, 3.8) is 0 Å². The molecule has 0 N–H and O–H groups in total. The standard InChI is InChI=1S/C35H37F2NP2/c1-5-6-15-38-39-32(28-18-23(2)16-24(3)19-28)13-14-33(39)29-20-25(4)17-27(21-29)26-11-12-31(37)35(22-26)40(38)34-10-8-7-9-30(34)36/h7-12,16-22,32-33H,5-6,13-15H2,1-4H3/t32-,33-,39?,40?/m0/s1. The Morgan fingerprint density at radius 1 is 0.700 bits per heavy atom. The summed E-state index contributed by atoms with van der Waals surface area (Å²) in [5.74, 6) is -0.471. The van der Waals surface area contributed by atoms with Gasteiger partial charge in [0.2, 0.25) is 0 Å². The van der Waals surface area contributed by atoms with Crippen molar-refractivity contribution in [3.05, 3.63) is 118 Å². The zero-order valence-electron chi connectivity index (χ0n) is 23.8. The first kappa shape index (κ1) is 27.7. The second-order valence-electron chi connectivity index (χ2n) is 11.4. The van der Waals surface area contributed by atoms with Gasteiger partial charge in [-0.3, -0.25) is 4.44 Å². The first-order valence-corrected chi connectivity index (χ1v) is 17.2. The van der Waals surface area contributed by atoms with Crippen molar-refractivity contribution in [2.24, 2.45) is 0 Å². The first-order chi connectivity index (χ1) is 19.3. The highest BCUT2D eigenvalue weighted by molar-refractivity contribution is 7.79. The highest BCUT2D eigenvalue weighted by Crippen LogP contribution is 2.76. The fourth-order valence-corrected chi connectivity index (χ4v) is 14.1. The van der Waals surface area contributed by atoms with E-state index in [4.69, 9.17) is 0 Å². The Labute approximate surface area is 240 Å². The van der Waals surface area contributed by atoms with Gasteiger partial charge in [0.25, 0.3) is 0 Å². The highest BCUT2D eigenvalue weighted by Gasteiger charge is 2.45. The quantitative estimate of drug-likeness (QED) is 0.216. The number of rotatable bonds is 5. The van der Waals surface area contributed by atoms with Crippen LogP contribution in [0.2, 0.25) is 0 Å². The Balaban J connectivity index is 1.66. The minimum atomic E-state index is -1.42. The maximum absolute atomic E-state index is 16.0. The van der Waals surface area contributed by atoms with Gasteiger partial charge in [0, 0.05) is 36.5 Å². The molecule has 2 unspecified atom stereocenters. The molecule has 2 aliphatic rings. The van der Waals surface area contributed by atoms with Crippen LogP contribution in [0, 0.1) is 32.4 Å². The molecule has 1 saturated heterocycles. The molecule has 40 heavy (non-hydrogen) atoms. The third kappa shape index (κ3) is 5.18. The molecule has 5 heteroatoms. The van der Waals surface area contributed by atoms with Crippen molar-refractivity contribution in [3.8, 4) is 11.1 Å². The van der Waals surface area contributed by atoms with E-state index in [-0.39, 0.29) is 11.6 Å². The van der Waals surface area contributed by atoms with E-state index >= 15 is 8.78 Å². The van der Waals surface area contributed by atoms with E-state index in [1.165, 1.54) is 27.8 Å². The van der Waals surface area contributed by atoms with Gasteiger partial charge in [0.05, 0.1) is 0 Å². The Hall–Kier alpha value is -2.44. The predicted molar refractivity (Wildman–Crippen MR) is 168 cm³/mol. The summed E-state index contributed by atoms with van der Waals surface area (Å²) in [6, 6.07) is 26.5. The Kier molecular flexibility index (Phi) is 7.93. The van der Waals surface area contributed by atoms with E-state index in [2.05, 4.69) is 68.5 Å². The number of unbranched alkanes of at least 4 members (excludes halogenated alkanes) is 1. The molecule has 0 aromatic heterocycles. The maximum Gasteiger partial charge on any atom is 0.132 e. The number of hydrogen-bond acceptors (Lipinski definition) is 1. The summed E-state index contributed by atoms with van der Waals surface area (Å²) < 4.78 is 34.4. The summed E-state index contributed by atoms with van der Waals surface area (Å²) in [7, 11) is -2.22. The van der Waals surface area contributed by atoms with Crippen molar-refractivity contribution in [2.45, 2.75) is 64.7 Å². The van der Waals surface area contributed by atoms with Crippen LogP contribution in [0.4, 0.5) is 8.78 Å². The largest absolute Gasteiger partial charge is 0.251 e. The molecular weight excluding hydrogens is 534 g/mol. The highest BCUT2D eigenvalue weighted by atomic mass is 31.2. The van der Waals surface area contributed by atoms with Crippen LogP contribution >= 0.6 is 16.1 Å². The molecule has 1 fully saturated rings. The van der Waals surface area contributed by atoms with Gasteiger partial charge in [-0.25, -0.2) is 8.78 Å². The smallest absolute Gasteiger partial charge is 0.132 e. The molecule has 0 amide bonds. The van der Waals surface area contributed by atoms with Gasteiger partial charge < -0.3 is 0 Å². The van der Waals surface area contributed by atoms with E-state index in [0.717, 1.165) is 43.4 Å². The Morgan fingerprint density at radius 2 is 1.32 bits per heavy atom. The van der Waals surface area contributed by atoms with Crippen molar-refractivity contribution in [1.82, 2.24) is 4.44 Å². The van der Waals surface area contributed by atoms with E-state index in [1.54, 1.807) is 18.2 Å². The van der Waals surface area contributed by atoms with Crippen LogP contribution in [0.25, 0.3) is 11.1 Å². The summed E-state index contributed by atoms with van der Waals surface area (Å²) in [5, 5.41) is 1.28. The van der Waals surface area contributed by atoms with E-state index in [9.17, 15) is 0 Å². The van der Waals surface area contributed by atoms with Crippen LogP contribution in [0.1, 0.15) is 71.7 Å². The van der Waals surface area contributed by atoms with Crippen LogP contribution < -0.4 is 10.6 Å². The Bertz CT molecular complexity index is 1530. The summed E-state index contributed by atoms with van der Waals surface area (Å²) in [4.78, 5) is 0. The third-order valence-electron chi connectivity index (χ3n) is 8.26. The lowest BCUT2D eigenvalue weighted by Gasteiger charge is -2.43. The molecule has 0 aliphatic carbocycles. The van der Waals surface area contributed by atoms with Gasteiger partial charge in [0.1, 0.15) is 11.6 Å². The minimum absolute atomic E-state index is 0.234. The molecular formula is C35H37F2NP2. The fraction of sp³-hybridized carbons (Fsp3) is 0.314. The molecule has 1 nitrogen and oxygen atoms in total. The van der Waals surface area contributed by atoms with E-state index < -0.39 is 16.1 Å². The second-order valence-corrected chi connectivity index (χ2v) is 16.3. The van der Waals surface area contributed by atoms with E-state index in [0.29, 0.717) is 21.9 Å². The monoisotopic (exact) mass is 571 g/mol. The number of fused-ring (bicyclic) bond motifs is 7. The van der Waals surface area contributed by atoms with Crippen molar-refractivity contribution in [1.29, 1.82) is 0 Å². The van der Waals surface area contributed by atoms with Crippen LogP contribution in [0.15, 0.2) is 78.9 Å². The maximum atomic E-state index is 16.0. The molecule has 2 aliphatic heterocycles. The summed E-state index contributed by atoms with van der Waals surface area (Å²) >= 11 is 0. The molecule has 4 bridgehead atoms. The topological polar surface area (TPSA) is 3.24 Å². The lowest BCUT2D eigenvalue weighted by atomic mass is 9.96. The van der Waals surface area contributed by atoms with Gasteiger partial charge >= 0.3 is 0 Å². The summed E-state index contributed by atoms with van der Waals surface area (Å²) in [6.07, 6.45) is 4.21. The number of hydrogen-bond donors (Lipinski definition) is 0. The van der Waals surface area contributed by atoms with Crippen LogP contribution in [0.5, 0.6) is 0 Å². The van der Waals surface area contributed by atoms with Gasteiger partial charge in [-0.15, -0.1) is 0 Å². The van der Waals surface area contributed by atoms with Crippen LogP contribution in [0.3, 0.4) is 0 Å². The summed E-state index contributed by atoms with van der Waals surface area (Å²) in [6.45, 7) is 9.57. The molecule has 206 valence electrons. The lowest BCUT2D eigenvalue weighted by Crippen LogP contribution is -2.31. The van der Waals surface area contributed by atoms with Crippen LogP contribution in [-0.2, 0) is 0 Å². The number of aryl methyl sites for hydroxylation is 3. The first-order valence-electron chi connectivity index (χ1n) is 14.4. The van der Waals surface area contributed by atoms with E-state index in [1.807, 2.05) is 24.3 Å². The molecule has 6 rings (SSSR count). The van der Waals surface area contributed by atoms with Gasteiger partial charge in [-0.1, -0.05) is 84.6 Å². The number of benzene rings is 4. The molecule has 2 heterocycles. The summed E-state index contributed by atoms with van der Waals surface area (Å²) in [5.41, 5.74) is 9.40. The van der Waals surface area contributed by atoms with Crippen molar-refractivity contribution >= 4 is 26.8 Å².